The molecule has 3 aromatic rings. The maximum absolute atomic E-state index is 11.5. The predicted octanol–water partition coefficient (Wildman–Crippen LogP) is 2.80. The van der Waals surface area contributed by atoms with Crippen molar-refractivity contribution in [3.05, 3.63) is 58.1 Å². The number of halogens is 1. The summed E-state index contributed by atoms with van der Waals surface area (Å²) in [7, 11) is 0. The van der Waals surface area contributed by atoms with E-state index in [1.54, 1.807) is 36.4 Å². The third kappa shape index (κ3) is 2.37. The molecule has 6 heteroatoms. The third-order valence-electron chi connectivity index (χ3n) is 3.49. The highest BCUT2D eigenvalue weighted by Crippen LogP contribution is 2.31. The molecule has 5 nitrogen and oxygen atoms in total. The molecule has 110 valence electrons. The molecule has 0 atom stereocenters. The van der Waals surface area contributed by atoms with E-state index in [0.717, 1.165) is 21.1 Å². The van der Waals surface area contributed by atoms with Crippen molar-refractivity contribution in [2.45, 2.75) is 0 Å². The summed E-state index contributed by atoms with van der Waals surface area (Å²) in [5.41, 5.74) is 13.9. The number of nitrogens with two attached hydrogens (primary N) is 2. The monoisotopic (exact) mass is 357 g/mol. The summed E-state index contributed by atoms with van der Waals surface area (Å²) in [6, 6.07) is 12.3. The van der Waals surface area contributed by atoms with Crippen LogP contribution in [0.25, 0.3) is 22.2 Å². The summed E-state index contributed by atoms with van der Waals surface area (Å²) < 4.78 is 0.865. The van der Waals surface area contributed by atoms with Gasteiger partial charge in [0.15, 0.2) is 0 Å². The van der Waals surface area contributed by atoms with Gasteiger partial charge in [-0.25, -0.2) is 0 Å². The number of hydrogen-bond acceptors (Lipinski definition) is 2. The maximum Gasteiger partial charge on any atom is 0.250 e. The number of benzene rings is 2. The number of amides is 2. The molecule has 1 aromatic heterocycles. The highest BCUT2D eigenvalue weighted by atomic mass is 79.9. The molecule has 0 unspecified atom stereocenters. The van der Waals surface area contributed by atoms with Gasteiger partial charge in [-0.1, -0.05) is 28.1 Å². The zero-order valence-corrected chi connectivity index (χ0v) is 13.0. The number of aromatic nitrogens is 1. The molecule has 0 radical (unpaired) electrons. The van der Waals surface area contributed by atoms with Gasteiger partial charge in [-0.05, 0) is 35.9 Å². The molecule has 22 heavy (non-hydrogen) atoms. The molecule has 0 fully saturated rings. The topological polar surface area (TPSA) is 102 Å². The van der Waals surface area contributed by atoms with Gasteiger partial charge in [0.25, 0.3) is 5.91 Å². The van der Waals surface area contributed by atoms with Crippen molar-refractivity contribution in [2.24, 2.45) is 11.5 Å². The van der Waals surface area contributed by atoms with E-state index in [4.69, 9.17) is 11.5 Å². The van der Waals surface area contributed by atoms with E-state index in [1.165, 1.54) is 0 Å². The maximum atomic E-state index is 11.5. The second kappa shape index (κ2) is 5.31. The predicted molar refractivity (Wildman–Crippen MR) is 88.5 cm³/mol. The number of rotatable bonds is 3. The first-order chi connectivity index (χ1) is 10.5. The van der Waals surface area contributed by atoms with Crippen LogP contribution >= 0.6 is 15.9 Å². The minimum Gasteiger partial charge on any atom is -0.366 e. The van der Waals surface area contributed by atoms with Crippen LogP contribution in [0.3, 0.4) is 0 Å². The molecule has 0 aliphatic carbocycles. The number of nitrogens with one attached hydrogen (secondary N) is 1. The molecule has 0 saturated carbocycles. The van der Waals surface area contributed by atoms with Crippen molar-refractivity contribution in [3.8, 4) is 11.3 Å². The molecule has 0 saturated heterocycles. The van der Waals surface area contributed by atoms with Crippen LogP contribution in [-0.2, 0) is 0 Å². The lowest BCUT2D eigenvalue weighted by Gasteiger charge is -2.00. The summed E-state index contributed by atoms with van der Waals surface area (Å²) in [6.07, 6.45) is 0. The quantitative estimate of drug-likeness (QED) is 0.670. The minimum atomic E-state index is -0.491. The van der Waals surface area contributed by atoms with Crippen LogP contribution in [0, 0.1) is 0 Å². The van der Waals surface area contributed by atoms with E-state index < -0.39 is 11.8 Å². The lowest BCUT2D eigenvalue weighted by molar-refractivity contribution is 0.0992. The van der Waals surface area contributed by atoms with E-state index in [-0.39, 0.29) is 0 Å². The average molecular weight is 358 g/mol. The van der Waals surface area contributed by atoms with Gasteiger partial charge >= 0.3 is 0 Å². The molecule has 0 aliphatic heterocycles. The Morgan fingerprint density at radius 3 is 2.23 bits per heavy atom. The van der Waals surface area contributed by atoms with Gasteiger partial charge < -0.3 is 16.5 Å². The summed E-state index contributed by atoms with van der Waals surface area (Å²) in [5.74, 6) is -0.961. The largest absolute Gasteiger partial charge is 0.366 e. The smallest absolute Gasteiger partial charge is 0.250 e. The van der Waals surface area contributed by atoms with Crippen molar-refractivity contribution in [1.29, 1.82) is 0 Å². The second-order valence-electron chi connectivity index (χ2n) is 4.87. The van der Waals surface area contributed by atoms with E-state index >= 15 is 0 Å². The fourth-order valence-electron chi connectivity index (χ4n) is 2.36. The number of H-pyrrole nitrogens is 1. The number of carbonyl (C=O) groups excluding carboxylic acids is 2. The highest BCUT2D eigenvalue weighted by Gasteiger charge is 2.13. The van der Waals surface area contributed by atoms with Gasteiger partial charge in [0.05, 0.1) is 11.1 Å². The minimum absolute atomic E-state index is 0.429. The van der Waals surface area contributed by atoms with Gasteiger partial charge in [0.2, 0.25) is 5.91 Å². The lowest BCUT2D eigenvalue weighted by Crippen LogP contribution is -2.11. The van der Waals surface area contributed by atoms with Crippen molar-refractivity contribution >= 4 is 38.6 Å². The molecule has 2 aromatic carbocycles. The van der Waals surface area contributed by atoms with E-state index in [1.807, 2.05) is 6.07 Å². The van der Waals surface area contributed by atoms with E-state index in [2.05, 4.69) is 20.9 Å². The van der Waals surface area contributed by atoms with Crippen LogP contribution in [0.4, 0.5) is 0 Å². The molecule has 5 N–H and O–H groups in total. The summed E-state index contributed by atoms with van der Waals surface area (Å²) in [5, 5.41) is 0.866. The first kappa shape index (κ1) is 14.3. The molecule has 0 aliphatic rings. The standard InChI is InChI=1S/C16H12BrN3O2/c17-12-6-5-10(16(19)22)14-11(12)7-13(20-14)8-1-3-9(4-2-8)15(18)21/h1-7,20H,(H2,18,21)(H2,19,22). The van der Waals surface area contributed by atoms with Gasteiger partial charge in [0, 0.05) is 21.1 Å². The molecule has 3 rings (SSSR count). The fourth-order valence-corrected chi connectivity index (χ4v) is 2.80. The van der Waals surface area contributed by atoms with Crippen molar-refractivity contribution in [3.63, 3.8) is 0 Å². The Balaban J connectivity index is 2.16. The van der Waals surface area contributed by atoms with Crippen LogP contribution in [-0.4, -0.2) is 16.8 Å². The zero-order chi connectivity index (χ0) is 15.9. The number of fused-ring (bicyclic) bond motifs is 1. The number of hydrogen-bond donors (Lipinski definition) is 3. The van der Waals surface area contributed by atoms with Gasteiger partial charge in [0.1, 0.15) is 0 Å². The van der Waals surface area contributed by atoms with Crippen molar-refractivity contribution in [1.82, 2.24) is 4.98 Å². The Morgan fingerprint density at radius 1 is 0.955 bits per heavy atom. The number of aromatic amines is 1. The van der Waals surface area contributed by atoms with Crippen LogP contribution in [0.15, 0.2) is 46.9 Å². The van der Waals surface area contributed by atoms with Gasteiger partial charge in [-0.3, -0.25) is 9.59 Å². The molecular formula is C16H12BrN3O2. The molecule has 1 heterocycles. The van der Waals surface area contributed by atoms with Crippen LogP contribution < -0.4 is 11.5 Å². The summed E-state index contributed by atoms with van der Waals surface area (Å²) in [6.45, 7) is 0. The lowest BCUT2D eigenvalue weighted by atomic mass is 10.1. The Kier molecular flexibility index (Phi) is 3.46. The highest BCUT2D eigenvalue weighted by molar-refractivity contribution is 9.10. The van der Waals surface area contributed by atoms with Gasteiger partial charge in [-0.15, -0.1) is 0 Å². The third-order valence-corrected chi connectivity index (χ3v) is 4.18. The van der Waals surface area contributed by atoms with E-state index in [0.29, 0.717) is 16.6 Å². The molecular weight excluding hydrogens is 346 g/mol. The average Bonchev–Trinajstić information content (AvgIpc) is 2.93. The van der Waals surface area contributed by atoms with Crippen molar-refractivity contribution < 1.29 is 9.59 Å². The molecule has 2 amide bonds. The van der Waals surface area contributed by atoms with Crippen LogP contribution in [0.1, 0.15) is 20.7 Å². The molecule has 0 bridgehead atoms. The van der Waals surface area contributed by atoms with Gasteiger partial charge in [-0.2, -0.15) is 0 Å². The van der Waals surface area contributed by atoms with E-state index in [9.17, 15) is 9.59 Å². The second-order valence-corrected chi connectivity index (χ2v) is 5.73. The Labute approximate surface area is 134 Å². The Bertz CT molecular complexity index is 898. The normalized spacial score (nSPS) is 10.8. The zero-order valence-electron chi connectivity index (χ0n) is 11.4. The molecule has 0 spiro atoms. The SMILES string of the molecule is NC(=O)c1ccc(-c2cc3c(Br)ccc(C(N)=O)c3[nH]2)cc1. The summed E-state index contributed by atoms with van der Waals surface area (Å²) >= 11 is 3.46. The Hall–Kier alpha value is -2.60. The summed E-state index contributed by atoms with van der Waals surface area (Å²) in [4.78, 5) is 25.8. The Morgan fingerprint density at radius 2 is 1.64 bits per heavy atom. The first-order valence-corrected chi connectivity index (χ1v) is 7.28. The van der Waals surface area contributed by atoms with Crippen molar-refractivity contribution in [2.75, 3.05) is 0 Å². The van der Waals surface area contributed by atoms with Crippen LogP contribution in [0.5, 0.6) is 0 Å². The number of primary amides is 2. The fraction of sp³-hybridized carbons (Fsp3) is 0. The van der Waals surface area contributed by atoms with Crippen LogP contribution in [0.2, 0.25) is 0 Å². The number of carbonyl (C=O) groups is 2. The first-order valence-electron chi connectivity index (χ1n) is 6.48.